The molecule has 0 fully saturated rings. The van der Waals surface area contributed by atoms with E-state index in [1.807, 2.05) is 13.8 Å². The molecule has 126 valence electrons. The third-order valence-corrected chi connectivity index (χ3v) is 4.07. The van der Waals surface area contributed by atoms with Gasteiger partial charge < -0.3 is 19.7 Å². The molecule has 6 nitrogen and oxygen atoms in total. The van der Waals surface area contributed by atoms with Gasteiger partial charge in [-0.05, 0) is 31.9 Å². The van der Waals surface area contributed by atoms with Gasteiger partial charge in [-0.25, -0.2) is 0 Å². The fourth-order valence-corrected chi connectivity index (χ4v) is 2.85. The lowest BCUT2D eigenvalue weighted by atomic mass is 9.90. The Balaban J connectivity index is 2.38. The minimum Gasteiger partial charge on any atom is -0.506 e. The summed E-state index contributed by atoms with van der Waals surface area (Å²) in [6, 6.07) is 1.43. The number of aliphatic hydroxyl groups is 1. The second-order valence-electron chi connectivity index (χ2n) is 5.90. The first kappa shape index (κ1) is 17.6. The van der Waals surface area contributed by atoms with Crippen LogP contribution in [0.25, 0.3) is 0 Å². The van der Waals surface area contributed by atoms with Crippen LogP contribution >= 0.6 is 11.6 Å². The van der Waals surface area contributed by atoms with Crippen LogP contribution in [0.5, 0.6) is 11.5 Å². The largest absolute Gasteiger partial charge is 0.506 e. The summed E-state index contributed by atoms with van der Waals surface area (Å²) in [5.74, 6) is 0.225. The van der Waals surface area contributed by atoms with Crippen LogP contribution in [0.3, 0.4) is 0 Å². The first-order chi connectivity index (χ1) is 10.8. The maximum absolute atomic E-state index is 10.9. The normalized spacial score (nSPS) is 22.0. The molecule has 0 radical (unpaired) electrons. The number of aldehydes is 1. The number of aromatic hydroxyl groups is 1. The van der Waals surface area contributed by atoms with Crippen molar-refractivity contribution in [2.75, 3.05) is 6.61 Å². The quantitative estimate of drug-likeness (QED) is 0.713. The molecule has 1 aliphatic rings. The van der Waals surface area contributed by atoms with E-state index in [1.165, 1.54) is 0 Å². The van der Waals surface area contributed by atoms with Crippen molar-refractivity contribution in [3.63, 3.8) is 0 Å². The monoisotopic (exact) mass is 340 g/mol. The summed E-state index contributed by atoms with van der Waals surface area (Å²) < 4.78 is 5.47. The molecule has 3 unspecified atom stereocenters. The van der Waals surface area contributed by atoms with Gasteiger partial charge in [0, 0.05) is 11.5 Å². The lowest BCUT2D eigenvalue weighted by molar-refractivity contribution is -0.109. The van der Waals surface area contributed by atoms with Crippen molar-refractivity contribution >= 4 is 23.6 Å². The van der Waals surface area contributed by atoms with Crippen LogP contribution in [0.1, 0.15) is 31.4 Å². The van der Waals surface area contributed by atoms with Crippen molar-refractivity contribution in [2.24, 2.45) is 11.0 Å². The van der Waals surface area contributed by atoms with Crippen molar-refractivity contribution in [3.8, 4) is 11.5 Å². The summed E-state index contributed by atoms with van der Waals surface area (Å²) in [5.41, 5.74) is 4.66. The van der Waals surface area contributed by atoms with Crippen LogP contribution in [0.15, 0.2) is 11.2 Å². The van der Waals surface area contributed by atoms with E-state index < -0.39 is 6.10 Å². The SMILES string of the molecule is Cc1cc(C2=NNC(C=O)CC2C)c(O)c(Cl)c1OCC(C)O. The van der Waals surface area contributed by atoms with Crippen molar-refractivity contribution in [1.29, 1.82) is 0 Å². The number of rotatable bonds is 5. The molecule has 0 amide bonds. The number of phenolic OH excluding ortho intramolecular Hbond substituents is 1. The van der Waals surface area contributed by atoms with E-state index in [0.717, 1.165) is 11.8 Å². The van der Waals surface area contributed by atoms with Gasteiger partial charge in [0.15, 0.2) is 0 Å². The summed E-state index contributed by atoms with van der Waals surface area (Å²) in [5, 5.41) is 24.0. The Morgan fingerprint density at radius 1 is 1.61 bits per heavy atom. The number of ether oxygens (including phenoxy) is 1. The highest BCUT2D eigenvalue weighted by molar-refractivity contribution is 6.34. The zero-order valence-electron chi connectivity index (χ0n) is 13.3. The predicted molar refractivity (Wildman–Crippen MR) is 88.3 cm³/mol. The van der Waals surface area contributed by atoms with Gasteiger partial charge in [-0.15, -0.1) is 0 Å². The molecule has 23 heavy (non-hydrogen) atoms. The molecule has 0 saturated carbocycles. The first-order valence-corrected chi connectivity index (χ1v) is 7.84. The number of carbonyl (C=O) groups excluding carboxylic acids is 1. The number of aliphatic hydroxyl groups excluding tert-OH is 1. The van der Waals surface area contributed by atoms with Crippen LogP contribution in [-0.2, 0) is 4.79 Å². The van der Waals surface area contributed by atoms with Gasteiger partial charge in [0.25, 0.3) is 0 Å². The lowest BCUT2D eigenvalue weighted by Gasteiger charge is -2.26. The van der Waals surface area contributed by atoms with E-state index in [-0.39, 0.29) is 29.3 Å². The van der Waals surface area contributed by atoms with Gasteiger partial charge in [-0.1, -0.05) is 18.5 Å². The molecule has 0 spiro atoms. The van der Waals surface area contributed by atoms with Crippen LogP contribution in [0.4, 0.5) is 0 Å². The predicted octanol–water partition coefficient (Wildman–Crippen LogP) is 2.01. The Morgan fingerprint density at radius 2 is 2.30 bits per heavy atom. The minimum absolute atomic E-state index is 0.00273. The van der Waals surface area contributed by atoms with Crippen molar-refractivity contribution in [1.82, 2.24) is 5.43 Å². The van der Waals surface area contributed by atoms with Gasteiger partial charge in [-0.2, -0.15) is 5.10 Å². The highest BCUT2D eigenvalue weighted by atomic mass is 35.5. The molecule has 1 aromatic carbocycles. The number of carbonyl (C=O) groups is 1. The van der Waals surface area contributed by atoms with Gasteiger partial charge in [-0.3, -0.25) is 5.43 Å². The molecule has 7 heteroatoms. The smallest absolute Gasteiger partial charge is 0.147 e. The molecule has 1 aliphatic heterocycles. The van der Waals surface area contributed by atoms with E-state index in [2.05, 4.69) is 10.5 Å². The number of aryl methyl sites for hydroxylation is 1. The molecule has 1 heterocycles. The zero-order chi connectivity index (χ0) is 17.1. The summed E-state index contributed by atoms with van der Waals surface area (Å²) in [4.78, 5) is 10.9. The molecule has 0 aromatic heterocycles. The standard InChI is InChI=1S/C16H21ClN2O4/c1-8-4-11(6-20)18-19-14(8)12-5-9(2)16(13(17)15(12)22)23-7-10(3)21/h5-6,8,10-11,18,21-22H,4,7H2,1-3H3. The number of hydrogen-bond donors (Lipinski definition) is 3. The van der Waals surface area contributed by atoms with E-state index in [0.29, 0.717) is 23.4 Å². The van der Waals surface area contributed by atoms with Crippen molar-refractivity contribution < 1.29 is 19.7 Å². The van der Waals surface area contributed by atoms with E-state index in [4.69, 9.17) is 16.3 Å². The lowest BCUT2D eigenvalue weighted by Crippen LogP contribution is -2.37. The zero-order valence-corrected chi connectivity index (χ0v) is 14.1. The average molecular weight is 341 g/mol. The molecular weight excluding hydrogens is 320 g/mol. The number of halogens is 1. The minimum atomic E-state index is -0.639. The topological polar surface area (TPSA) is 91.2 Å². The molecule has 3 atom stereocenters. The fraction of sp³-hybridized carbons (Fsp3) is 0.500. The summed E-state index contributed by atoms with van der Waals surface area (Å²) in [6.07, 6.45) is 0.778. The Labute approximate surface area is 140 Å². The van der Waals surface area contributed by atoms with Crippen LogP contribution < -0.4 is 10.2 Å². The fourth-order valence-electron chi connectivity index (χ4n) is 2.55. The maximum atomic E-state index is 10.9. The number of hydrogen-bond acceptors (Lipinski definition) is 6. The summed E-state index contributed by atoms with van der Waals surface area (Å²) >= 11 is 6.22. The Hall–Kier alpha value is -1.79. The van der Waals surface area contributed by atoms with Gasteiger partial charge >= 0.3 is 0 Å². The first-order valence-electron chi connectivity index (χ1n) is 7.46. The van der Waals surface area contributed by atoms with Gasteiger partial charge in [0.1, 0.15) is 29.4 Å². The van der Waals surface area contributed by atoms with Crippen molar-refractivity contribution in [3.05, 3.63) is 22.2 Å². The number of nitrogens with zero attached hydrogens (tertiary/aromatic N) is 1. The maximum Gasteiger partial charge on any atom is 0.147 e. The van der Waals surface area contributed by atoms with E-state index in [1.54, 1.807) is 13.0 Å². The second-order valence-corrected chi connectivity index (χ2v) is 6.28. The molecule has 0 aliphatic carbocycles. The van der Waals surface area contributed by atoms with Crippen LogP contribution in [0.2, 0.25) is 5.02 Å². The van der Waals surface area contributed by atoms with Crippen molar-refractivity contribution in [2.45, 2.75) is 39.3 Å². The van der Waals surface area contributed by atoms with E-state index >= 15 is 0 Å². The Kier molecular flexibility index (Phi) is 5.49. The molecule has 2 rings (SSSR count). The van der Waals surface area contributed by atoms with E-state index in [9.17, 15) is 15.0 Å². The van der Waals surface area contributed by atoms with Crippen LogP contribution in [-0.4, -0.2) is 41.0 Å². The second kappa shape index (κ2) is 7.19. The summed E-state index contributed by atoms with van der Waals surface area (Å²) in [6.45, 7) is 5.43. The molecule has 0 saturated heterocycles. The third-order valence-electron chi connectivity index (χ3n) is 3.72. The Bertz CT molecular complexity index is 631. The highest BCUT2D eigenvalue weighted by Gasteiger charge is 2.27. The number of hydrazone groups is 1. The number of nitrogens with one attached hydrogen (secondary N) is 1. The number of benzene rings is 1. The van der Waals surface area contributed by atoms with Gasteiger partial charge in [0.2, 0.25) is 0 Å². The number of phenols is 1. The van der Waals surface area contributed by atoms with Gasteiger partial charge in [0.05, 0.1) is 17.9 Å². The molecular formula is C16H21ClN2O4. The highest BCUT2D eigenvalue weighted by Crippen LogP contribution is 2.40. The molecule has 1 aromatic rings. The average Bonchev–Trinajstić information content (AvgIpc) is 2.50. The van der Waals surface area contributed by atoms with Crippen LogP contribution in [0, 0.1) is 12.8 Å². The third kappa shape index (κ3) is 3.76. The molecule has 3 N–H and O–H groups in total. The Morgan fingerprint density at radius 3 is 2.87 bits per heavy atom. The molecule has 0 bridgehead atoms. The summed E-state index contributed by atoms with van der Waals surface area (Å²) in [7, 11) is 0.